The lowest BCUT2D eigenvalue weighted by Crippen LogP contribution is -2.42. The van der Waals surface area contributed by atoms with Crippen LogP contribution in [-0.4, -0.2) is 19.3 Å². The first kappa shape index (κ1) is 12.8. The number of nitrogens with zero attached hydrogens (tertiary/aromatic N) is 1. The van der Waals surface area contributed by atoms with E-state index >= 15 is 0 Å². The van der Waals surface area contributed by atoms with Gasteiger partial charge in [-0.3, -0.25) is 0 Å². The maximum Gasteiger partial charge on any atom is 0.0393 e. The van der Waals surface area contributed by atoms with Crippen molar-refractivity contribution >= 4 is 18.3 Å². The second-order valence-electron chi connectivity index (χ2n) is 5.66. The molecule has 1 aliphatic rings. The van der Waals surface area contributed by atoms with Gasteiger partial charge in [-0.2, -0.15) is 12.6 Å². The predicted molar refractivity (Wildman–Crippen MR) is 79.3 cm³/mol. The quantitative estimate of drug-likeness (QED) is 0.794. The minimum atomic E-state index is 0.467. The number of benzene rings is 1. The Balaban J connectivity index is 2.11. The Labute approximate surface area is 111 Å². The molecule has 0 N–H and O–H groups in total. The summed E-state index contributed by atoms with van der Waals surface area (Å²) in [6.45, 7) is 5.49. The zero-order valence-electron chi connectivity index (χ0n) is 11.2. The van der Waals surface area contributed by atoms with Crippen LogP contribution in [0.5, 0.6) is 0 Å². The van der Waals surface area contributed by atoms with E-state index in [1.54, 1.807) is 0 Å². The summed E-state index contributed by atoms with van der Waals surface area (Å²) in [6, 6.07) is 6.71. The van der Waals surface area contributed by atoms with E-state index in [1.807, 2.05) is 0 Å². The maximum absolute atomic E-state index is 4.54. The van der Waals surface area contributed by atoms with Crippen molar-refractivity contribution in [3.05, 3.63) is 29.3 Å². The molecule has 1 aliphatic carbocycles. The van der Waals surface area contributed by atoms with Gasteiger partial charge in [0.2, 0.25) is 0 Å². The number of thiol groups is 1. The second kappa shape index (κ2) is 4.93. The molecular formula is C15H23NS. The molecule has 2 rings (SSSR count). The van der Waals surface area contributed by atoms with Crippen LogP contribution in [0.3, 0.4) is 0 Å². The van der Waals surface area contributed by atoms with Gasteiger partial charge in [-0.05, 0) is 49.5 Å². The average molecular weight is 249 g/mol. The van der Waals surface area contributed by atoms with E-state index in [0.29, 0.717) is 5.41 Å². The van der Waals surface area contributed by atoms with Crippen molar-refractivity contribution in [1.82, 2.24) is 0 Å². The first-order chi connectivity index (χ1) is 8.06. The lowest BCUT2D eigenvalue weighted by Gasteiger charge is -2.44. The molecule has 0 atom stereocenters. The maximum atomic E-state index is 4.54. The summed E-state index contributed by atoms with van der Waals surface area (Å²) in [5.74, 6) is 1.02. The first-order valence-corrected chi connectivity index (χ1v) is 7.09. The third-order valence-corrected chi connectivity index (χ3v) is 4.76. The highest BCUT2D eigenvalue weighted by Crippen LogP contribution is 2.43. The highest BCUT2D eigenvalue weighted by Gasteiger charge is 2.36. The lowest BCUT2D eigenvalue weighted by atomic mass is 9.70. The molecule has 17 heavy (non-hydrogen) atoms. The van der Waals surface area contributed by atoms with Crippen LogP contribution in [0.1, 0.15) is 30.4 Å². The molecular weight excluding hydrogens is 226 g/mol. The number of hydrogen-bond donors (Lipinski definition) is 1. The Morgan fingerprint density at radius 1 is 1.29 bits per heavy atom. The van der Waals surface area contributed by atoms with E-state index in [0.717, 1.165) is 12.3 Å². The van der Waals surface area contributed by atoms with Gasteiger partial charge in [0.05, 0.1) is 0 Å². The van der Waals surface area contributed by atoms with Gasteiger partial charge < -0.3 is 4.90 Å². The summed E-state index contributed by atoms with van der Waals surface area (Å²) in [5, 5.41) is 0. The van der Waals surface area contributed by atoms with Crippen molar-refractivity contribution in [2.45, 2.75) is 33.1 Å². The summed E-state index contributed by atoms with van der Waals surface area (Å²) in [6.07, 6.45) is 4.05. The summed E-state index contributed by atoms with van der Waals surface area (Å²) in [5.41, 5.74) is 4.55. The smallest absolute Gasteiger partial charge is 0.0393 e. The van der Waals surface area contributed by atoms with Crippen LogP contribution in [0, 0.1) is 19.3 Å². The highest BCUT2D eigenvalue weighted by atomic mass is 32.1. The molecule has 1 fully saturated rings. The van der Waals surface area contributed by atoms with Crippen molar-refractivity contribution in [3.63, 3.8) is 0 Å². The number of anilines is 1. The number of hydrogen-bond acceptors (Lipinski definition) is 2. The molecule has 1 aromatic rings. The molecule has 0 amide bonds. The summed E-state index contributed by atoms with van der Waals surface area (Å²) in [4.78, 5) is 2.41. The topological polar surface area (TPSA) is 3.24 Å². The SMILES string of the molecule is Cc1ccc(N(C)CC2(CS)CCC2)c(C)c1. The van der Waals surface area contributed by atoms with Gasteiger partial charge in [0.25, 0.3) is 0 Å². The largest absolute Gasteiger partial charge is 0.374 e. The molecule has 0 aromatic heterocycles. The zero-order chi connectivity index (χ0) is 12.5. The molecule has 2 heteroatoms. The van der Waals surface area contributed by atoms with Gasteiger partial charge in [0, 0.05) is 19.3 Å². The Morgan fingerprint density at radius 2 is 2.00 bits per heavy atom. The van der Waals surface area contributed by atoms with Crippen LogP contribution in [0.25, 0.3) is 0 Å². The van der Waals surface area contributed by atoms with E-state index in [4.69, 9.17) is 0 Å². The van der Waals surface area contributed by atoms with Gasteiger partial charge >= 0.3 is 0 Å². The molecule has 0 bridgehead atoms. The monoisotopic (exact) mass is 249 g/mol. The lowest BCUT2D eigenvalue weighted by molar-refractivity contribution is 0.178. The fourth-order valence-corrected chi connectivity index (χ4v) is 3.28. The predicted octanol–water partition coefficient (Wildman–Crippen LogP) is 3.84. The standard InChI is InChI=1S/C15H23NS/c1-12-5-6-14(13(2)9-12)16(3)10-15(11-17)7-4-8-15/h5-6,9,17H,4,7-8,10-11H2,1-3H3. The van der Waals surface area contributed by atoms with E-state index in [-0.39, 0.29) is 0 Å². The van der Waals surface area contributed by atoms with Gasteiger partial charge in [-0.15, -0.1) is 0 Å². The second-order valence-corrected chi connectivity index (χ2v) is 5.97. The van der Waals surface area contributed by atoms with Crippen molar-refractivity contribution in [3.8, 4) is 0 Å². The molecule has 94 valence electrons. The van der Waals surface area contributed by atoms with E-state index < -0.39 is 0 Å². The van der Waals surface area contributed by atoms with Crippen molar-refractivity contribution in [1.29, 1.82) is 0 Å². The van der Waals surface area contributed by atoms with Gasteiger partial charge in [0.15, 0.2) is 0 Å². The van der Waals surface area contributed by atoms with Crippen molar-refractivity contribution in [2.75, 3.05) is 24.2 Å². The van der Waals surface area contributed by atoms with E-state index in [9.17, 15) is 0 Å². The van der Waals surface area contributed by atoms with Crippen molar-refractivity contribution in [2.24, 2.45) is 5.41 Å². The molecule has 0 saturated heterocycles. The van der Waals surface area contributed by atoms with E-state index in [2.05, 4.69) is 56.6 Å². The highest BCUT2D eigenvalue weighted by molar-refractivity contribution is 7.80. The number of aryl methyl sites for hydroxylation is 2. The normalized spacial score (nSPS) is 17.6. The minimum Gasteiger partial charge on any atom is -0.374 e. The van der Waals surface area contributed by atoms with Crippen LogP contribution in [-0.2, 0) is 0 Å². The minimum absolute atomic E-state index is 0.467. The molecule has 0 spiro atoms. The molecule has 0 aliphatic heterocycles. The molecule has 1 aromatic carbocycles. The Hall–Kier alpha value is -0.630. The summed E-state index contributed by atoms with van der Waals surface area (Å²) < 4.78 is 0. The van der Waals surface area contributed by atoms with Gasteiger partial charge in [-0.1, -0.05) is 24.1 Å². The third-order valence-electron chi connectivity index (χ3n) is 4.09. The fourth-order valence-electron chi connectivity index (χ4n) is 2.86. The van der Waals surface area contributed by atoms with E-state index in [1.165, 1.54) is 36.1 Å². The first-order valence-electron chi connectivity index (χ1n) is 6.46. The molecule has 0 radical (unpaired) electrons. The van der Waals surface area contributed by atoms with Crippen LogP contribution in [0.15, 0.2) is 18.2 Å². The average Bonchev–Trinajstić information content (AvgIpc) is 2.23. The van der Waals surface area contributed by atoms with Crippen LogP contribution >= 0.6 is 12.6 Å². The van der Waals surface area contributed by atoms with Gasteiger partial charge in [0.1, 0.15) is 0 Å². The van der Waals surface area contributed by atoms with Crippen LogP contribution < -0.4 is 4.90 Å². The zero-order valence-corrected chi connectivity index (χ0v) is 12.1. The Bertz CT molecular complexity index is 390. The van der Waals surface area contributed by atoms with Crippen molar-refractivity contribution < 1.29 is 0 Å². The third kappa shape index (κ3) is 2.62. The molecule has 0 heterocycles. The summed E-state index contributed by atoms with van der Waals surface area (Å²) >= 11 is 4.54. The van der Waals surface area contributed by atoms with Gasteiger partial charge in [-0.25, -0.2) is 0 Å². The van der Waals surface area contributed by atoms with Crippen LogP contribution in [0.4, 0.5) is 5.69 Å². The molecule has 1 saturated carbocycles. The van der Waals surface area contributed by atoms with Crippen LogP contribution in [0.2, 0.25) is 0 Å². The number of rotatable bonds is 4. The molecule has 1 nitrogen and oxygen atoms in total. The summed E-state index contributed by atoms with van der Waals surface area (Å²) in [7, 11) is 2.21. The molecule has 0 unspecified atom stereocenters. The Kier molecular flexibility index (Phi) is 3.72. The fraction of sp³-hybridized carbons (Fsp3) is 0.600. The Morgan fingerprint density at radius 3 is 2.47 bits per heavy atom.